The fourth-order valence-electron chi connectivity index (χ4n) is 1.45. The van der Waals surface area contributed by atoms with E-state index < -0.39 is 0 Å². The number of ether oxygens (including phenoxy) is 2. The maximum Gasteiger partial charge on any atom is 0.319 e. The largest absolute Gasteiger partial charge is 0.494 e. The maximum atomic E-state index is 11.8. The molecule has 0 radical (unpaired) electrons. The summed E-state index contributed by atoms with van der Waals surface area (Å²) in [4.78, 5) is 11.8. The summed E-state index contributed by atoms with van der Waals surface area (Å²) in [6.07, 6.45) is 0.872. The Balaban J connectivity index is 2.85. The highest BCUT2D eigenvalue weighted by molar-refractivity contribution is 5.93. The Morgan fingerprint density at radius 1 is 1.28 bits per heavy atom. The summed E-state index contributed by atoms with van der Waals surface area (Å²) in [6.45, 7) is 3.95. The minimum atomic E-state index is -0.271. The van der Waals surface area contributed by atoms with Gasteiger partial charge in [-0.3, -0.25) is 0 Å². The molecule has 2 N–H and O–H groups in total. The predicted octanol–water partition coefficient (Wildman–Crippen LogP) is 2.62. The number of nitrogens with one attached hydrogen (secondary N) is 2. The standard InChI is InChI=1S/C13H20N2O3/c1-5-9(2)14-13(16)15-12-10(17-3)7-6-8-11(12)18-4/h6-9H,5H2,1-4H3,(H2,14,15,16). The second-order valence-electron chi connectivity index (χ2n) is 3.95. The van der Waals surface area contributed by atoms with Crippen molar-refractivity contribution in [1.82, 2.24) is 5.32 Å². The lowest BCUT2D eigenvalue weighted by atomic mass is 10.2. The van der Waals surface area contributed by atoms with Crippen LogP contribution in [0, 0.1) is 0 Å². The molecule has 1 aromatic carbocycles. The van der Waals surface area contributed by atoms with Crippen LogP contribution in [0.4, 0.5) is 10.5 Å². The minimum Gasteiger partial charge on any atom is -0.494 e. The van der Waals surface area contributed by atoms with Gasteiger partial charge in [0.15, 0.2) is 0 Å². The summed E-state index contributed by atoms with van der Waals surface area (Å²) in [5.74, 6) is 1.13. The van der Waals surface area contributed by atoms with Crippen LogP contribution in [-0.2, 0) is 0 Å². The number of benzene rings is 1. The number of rotatable bonds is 5. The van der Waals surface area contributed by atoms with E-state index in [0.29, 0.717) is 17.2 Å². The molecule has 0 saturated heterocycles. The van der Waals surface area contributed by atoms with Crippen molar-refractivity contribution in [2.24, 2.45) is 0 Å². The summed E-state index contributed by atoms with van der Waals surface area (Å²) < 4.78 is 10.4. The molecule has 1 rings (SSSR count). The monoisotopic (exact) mass is 252 g/mol. The predicted molar refractivity (Wildman–Crippen MR) is 71.5 cm³/mol. The molecule has 2 amide bonds. The van der Waals surface area contributed by atoms with Gasteiger partial charge >= 0.3 is 6.03 Å². The van der Waals surface area contributed by atoms with Crippen LogP contribution in [0.1, 0.15) is 20.3 Å². The SMILES string of the molecule is CCC(C)NC(=O)Nc1c(OC)cccc1OC. The lowest BCUT2D eigenvalue weighted by Gasteiger charge is -2.16. The van der Waals surface area contributed by atoms with Gasteiger partial charge in [-0.1, -0.05) is 13.0 Å². The number of carbonyl (C=O) groups excluding carboxylic acids is 1. The van der Waals surface area contributed by atoms with Crippen molar-refractivity contribution in [2.45, 2.75) is 26.3 Å². The maximum absolute atomic E-state index is 11.8. The highest BCUT2D eigenvalue weighted by atomic mass is 16.5. The van der Waals surface area contributed by atoms with Gasteiger partial charge in [-0.05, 0) is 25.5 Å². The van der Waals surface area contributed by atoms with E-state index in [1.54, 1.807) is 32.4 Å². The average molecular weight is 252 g/mol. The summed E-state index contributed by atoms with van der Waals surface area (Å²) in [5, 5.41) is 5.57. The van der Waals surface area contributed by atoms with Crippen LogP contribution in [0.5, 0.6) is 11.5 Å². The van der Waals surface area contributed by atoms with Gasteiger partial charge in [0.2, 0.25) is 0 Å². The van der Waals surface area contributed by atoms with Gasteiger partial charge in [0, 0.05) is 6.04 Å². The Kier molecular flexibility index (Phi) is 5.30. The van der Waals surface area contributed by atoms with Crippen molar-refractivity contribution in [3.05, 3.63) is 18.2 Å². The Hall–Kier alpha value is -1.91. The first-order valence-corrected chi connectivity index (χ1v) is 5.90. The molecule has 5 heteroatoms. The number of hydrogen-bond acceptors (Lipinski definition) is 3. The van der Waals surface area contributed by atoms with Crippen LogP contribution in [0.3, 0.4) is 0 Å². The summed E-state index contributed by atoms with van der Waals surface area (Å²) in [6, 6.07) is 5.18. The highest BCUT2D eigenvalue weighted by Crippen LogP contribution is 2.33. The number of anilines is 1. The normalized spacial score (nSPS) is 11.6. The molecule has 0 spiro atoms. The molecule has 0 aliphatic heterocycles. The quantitative estimate of drug-likeness (QED) is 0.847. The topological polar surface area (TPSA) is 59.6 Å². The lowest BCUT2D eigenvalue weighted by molar-refractivity contribution is 0.248. The Morgan fingerprint density at radius 3 is 2.28 bits per heavy atom. The Bertz CT molecular complexity index is 385. The van der Waals surface area contributed by atoms with E-state index in [-0.39, 0.29) is 12.1 Å². The molecule has 100 valence electrons. The van der Waals surface area contributed by atoms with Gasteiger partial charge in [0.25, 0.3) is 0 Å². The summed E-state index contributed by atoms with van der Waals surface area (Å²) in [7, 11) is 3.10. The number of hydrogen-bond donors (Lipinski definition) is 2. The molecule has 0 fully saturated rings. The van der Waals surface area contributed by atoms with Crippen LogP contribution in [-0.4, -0.2) is 26.3 Å². The molecule has 1 aromatic rings. The summed E-state index contributed by atoms with van der Waals surface area (Å²) in [5.41, 5.74) is 0.531. The third-order valence-corrected chi connectivity index (χ3v) is 2.66. The highest BCUT2D eigenvalue weighted by Gasteiger charge is 2.13. The first-order chi connectivity index (χ1) is 8.62. The van der Waals surface area contributed by atoms with Gasteiger partial charge in [-0.15, -0.1) is 0 Å². The summed E-state index contributed by atoms with van der Waals surface area (Å²) >= 11 is 0. The van der Waals surface area contributed by atoms with Gasteiger partial charge in [0.05, 0.1) is 14.2 Å². The zero-order chi connectivity index (χ0) is 13.5. The fraction of sp³-hybridized carbons (Fsp3) is 0.462. The van der Waals surface area contributed by atoms with Crippen LogP contribution in [0.25, 0.3) is 0 Å². The van der Waals surface area contributed by atoms with Gasteiger partial charge in [0.1, 0.15) is 17.2 Å². The van der Waals surface area contributed by atoms with E-state index in [0.717, 1.165) is 6.42 Å². The second kappa shape index (κ2) is 6.74. The van der Waals surface area contributed by atoms with E-state index in [2.05, 4.69) is 10.6 Å². The average Bonchev–Trinajstić information content (AvgIpc) is 2.38. The van der Waals surface area contributed by atoms with Crippen LogP contribution >= 0.6 is 0 Å². The van der Waals surface area contributed by atoms with Gasteiger partial charge < -0.3 is 20.1 Å². The molecule has 0 heterocycles. The van der Waals surface area contributed by atoms with Crippen molar-refractivity contribution in [3.8, 4) is 11.5 Å². The van der Waals surface area contributed by atoms with Crippen LogP contribution < -0.4 is 20.1 Å². The van der Waals surface area contributed by atoms with Crippen LogP contribution in [0.2, 0.25) is 0 Å². The Morgan fingerprint density at radius 2 is 1.83 bits per heavy atom. The molecule has 0 aromatic heterocycles. The van der Waals surface area contributed by atoms with E-state index in [1.807, 2.05) is 13.8 Å². The van der Waals surface area contributed by atoms with Crippen molar-refractivity contribution < 1.29 is 14.3 Å². The molecule has 0 aliphatic rings. The van der Waals surface area contributed by atoms with E-state index in [1.165, 1.54) is 0 Å². The number of amides is 2. The molecule has 5 nitrogen and oxygen atoms in total. The molecule has 1 unspecified atom stereocenters. The van der Waals surface area contributed by atoms with Gasteiger partial charge in [-0.2, -0.15) is 0 Å². The third-order valence-electron chi connectivity index (χ3n) is 2.66. The van der Waals surface area contributed by atoms with Crippen molar-refractivity contribution in [1.29, 1.82) is 0 Å². The molecule has 0 saturated carbocycles. The third kappa shape index (κ3) is 3.55. The number of para-hydroxylation sites is 1. The molecular weight excluding hydrogens is 232 g/mol. The zero-order valence-corrected chi connectivity index (χ0v) is 11.2. The number of methoxy groups -OCH3 is 2. The molecule has 0 aliphatic carbocycles. The van der Waals surface area contributed by atoms with E-state index in [4.69, 9.17) is 9.47 Å². The zero-order valence-electron chi connectivity index (χ0n) is 11.2. The fourth-order valence-corrected chi connectivity index (χ4v) is 1.45. The van der Waals surface area contributed by atoms with Crippen molar-refractivity contribution in [2.75, 3.05) is 19.5 Å². The Labute approximate surface area is 107 Å². The van der Waals surface area contributed by atoms with Crippen molar-refractivity contribution >= 4 is 11.7 Å². The molecule has 1 atom stereocenters. The lowest BCUT2D eigenvalue weighted by Crippen LogP contribution is -2.35. The van der Waals surface area contributed by atoms with Crippen LogP contribution in [0.15, 0.2) is 18.2 Å². The number of carbonyl (C=O) groups is 1. The van der Waals surface area contributed by atoms with E-state index in [9.17, 15) is 4.79 Å². The first kappa shape index (κ1) is 14.2. The smallest absolute Gasteiger partial charge is 0.319 e. The molecule has 18 heavy (non-hydrogen) atoms. The minimum absolute atomic E-state index is 0.116. The first-order valence-electron chi connectivity index (χ1n) is 5.90. The van der Waals surface area contributed by atoms with Gasteiger partial charge in [-0.25, -0.2) is 4.79 Å². The van der Waals surface area contributed by atoms with Crippen molar-refractivity contribution in [3.63, 3.8) is 0 Å². The number of urea groups is 1. The van der Waals surface area contributed by atoms with E-state index >= 15 is 0 Å². The second-order valence-corrected chi connectivity index (χ2v) is 3.95. The molecule has 0 bridgehead atoms. The molecular formula is C13H20N2O3.